The first-order chi connectivity index (χ1) is 8.31. The van der Waals surface area contributed by atoms with Gasteiger partial charge in [-0.3, -0.25) is 4.98 Å². The van der Waals surface area contributed by atoms with Crippen molar-refractivity contribution in [2.24, 2.45) is 0 Å². The molecule has 2 heteroatoms. The summed E-state index contributed by atoms with van der Waals surface area (Å²) < 4.78 is 0. The average Bonchev–Trinajstić information content (AvgIpc) is 2.38. The van der Waals surface area contributed by atoms with Gasteiger partial charge in [0.15, 0.2) is 0 Å². The van der Waals surface area contributed by atoms with Crippen LogP contribution in [0.3, 0.4) is 0 Å². The molecule has 1 heterocycles. The Morgan fingerprint density at radius 2 is 1.88 bits per heavy atom. The molecule has 0 radical (unpaired) electrons. The monoisotopic (exact) mass is 245 g/mol. The second kappa shape index (κ2) is 5.83. The smallest absolute Gasteiger partial charge is 0.0478 e. The van der Waals surface area contributed by atoms with Crippen LogP contribution in [0.1, 0.15) is 36.9 Å². The highest BCUT2D eigenvalue weighted by Gasteiger charge is 2.13. The number of benzene rings is 1. The van der Waals surface area contributed by atoms with Gasteiger partial charge < -0.3 is 0 Å². The number of halogens is 1. The lowest BCUT2D eigenvalue weighted by atomic mass is 9.91. The van der Waals surface area contributed by atoms with Crippen molar-refractivity contribution in [3.8, 4) is 0 Å². The van der Waals surface area contributed by atoms with Crippen LogP contribution in [0.5, 0.6) is 0 Å². The SMILES string of the molecule is CCCC(c1ccc(Cl)cc1)c1ccccn1. The molecule has 0 aliphatic heterocycles. The van der Waals surface area contributed by atoms with Crippen molar-refractivity contribution in [2.75, 3.05) is 0 Å². The van der Waals surface area contributed by atoms with Gasteiger partial charge in [0.05, 0.1) is 0 Å². The van der Waals surface area contributed by atoms with E-state index in [1.165, 1.54) is 5.56 Å². The molecule has 0 saturated carbocycles. The number of pyridine rings is 1. The summed E-state index contributed by atoms with van der Waals surface area (Å²) in [6.45, 7) is 2.20. The number of nitrogens with zero attached hydrogens (tertiary/aromatic N) is 1. The molecule has 1 aromatic carbocycles. The van der Waals surface area contributed by atoms with E-state index in [1.54, 1.807) is 0 Å². The van der Waals surface area contributed by atoms with Gasteiger partial charge in [-0.25, -0.2) is 0 Å². The standard InChI is InChI=1S/C15H16ClN/c1-2-5-14(15-6-3-4-11-17-15)12-7-9-13(16)10-8-12/h3-4,6-11,14H,2,5H2,1H3. The van der Waals surface area contributed by atoms with E-state index in [0.717, 1.165) is 23.6 Å². The molecule has 0 aliphatic carbocycles. The largest absolute Gasteiger partial charge is 0.261 e. The molecule has 1 aromatic heterocycles. The van der Waals surface area contributed by atoms with Crippen molar-refractivity contribution in [1.82, 2.24) is 4.98 Å². The molecule has 0 N–H and O–H groups in total. The molecule has 2 aromatic rings. The zero-order valence-electron chi connectivity index (χ0n) is 9.94. The molecule has 0 bridgehead atoms. The maximum atomic E-state index is 5.92. The number of rotatable bonds is 4. The molecular weight excluding hydrogens is 230 g/mol. The molecule has 17 heavy (non-hydrogen) atoms. The quantitative estimate of drug-likeness (QED) is 0.763. The lowest BCUT2D eigenvalue weighted by molar-refractivity contribution is 0.680. The zero-order valence-corrected chi connectivity index (χ0v) is 10.7. The summed E-state index contributed by atoms with van der Waals surface area (Å²) in [6.07, 6.45) is 4.11. The Balaban J connectivity index is 2.32. The maximum absolute atomic E-state index is 5.92. The lowest BCUT2D eigenvalue weighted by Gasteiger charge is -2.16. The van der Waals surface area contributed by atoms with Crippen LogP contribution in [0, 0.1) is 0 Å². The van der Waals surface area contributed by atoms with E-state index in [2.05, 4.69) is 30.1 Å². The van der Waals surface area contributed by atoms with E-state index in [-0.39, 0.29) is 0 Å². The topological polar surface area (TPSA) is 12.9 Å². The summed E-state index contributed by atoms with van der Waals surface area (Å²) in [7, 11) is 0. The van der Waals surface area contributed by atoms with Crippen LogP contribution in [-0.2, 0) is 0 Å². The van der Waals surface area contributed by atoms with E-state index < -0.39 is 0 Å². The van der Waals surface area contributed by atoms with Gasteiger partial charge in [-0.15, -0.1) is 0 Å². The van der Waals surface area contributed by atoms with Gasteiger partial charge in [0.2, 0.25) is 0 Å². The summed E-state index contributed by atoms with van der Waals surface area (Å²) in [5.74, 6) is 0.374. The molecular formula is C15H16ClN. The number of hydrogen-bond acceptors (Lipinski definition) is 1. The van der Waals surface area contributed by atoms with E-state index in [9.17, 15) is 0 Å². The first-order valence-electron chi connectivity index (χ1n) is 5.97. The number of hydrogen-bond donors (Lipinski definition) is 0. The Bertz CT molecular complexity index is 450. The minimum absolute atomic E-state index is 0.374. The Labute approximate surface area is 107 Å². The second-order valence-electron chi connectivity index (χ2n) is 4.15. The van der Waals surface area contributed by atoms with Crippen molar-refractivity contribution in [1.29, 1.82) is 0 Å². The van der Waals surface area contributed by atoms with Crippen LogP contribution in [0.15, 0.2) is 48.7 Å². The summed E-state index contributed by atoms with van der Waals surface area (Å²) in [6, 6.07) is 14.2. The fraction of sp³-hybridized carbons (Fsp3) is 0.267. The van der Waals surface area contributed by atoms with Gasteiger partial charge in [-0.2, -0.15) is 0 Å². The molecule has 0 amide bonds. The molecule has 1 nitrogen and oxygen atoms in total. The van der Waals surface area contributed by atoms with Crippen LogP contribution in [0.25, 0.3) is 0 Å². The first-order valence-corrected chi connectivity index (χ1v) is 6.35. The van der Waals surface area contributed by atoms with E-state index in [0.29, 0.717) is 5.92 Å². The highest BCUT2D eigenvalue weighted by Crippen LogP contribution is 2.28. The van der Waals surface area contributed by atoms with Crippen LogP contribution >= 0.6 is 11.6 Å². The van der Waals surface area contributed by atoms with Crippen LogP contribution in [0.2, 0.25) is 5.02 Å². The Kier molecular flexibility index (Phi) is 4.16. The summed E-state index contributed by atoms with van der Waals surface area (Å²) in [4.78, 5) is 4.46. The van der Waals surface area contributed by atoms with Crippen molar-refractivity contribution >= 4 is 11.6 Å². The third kappa shape index (κ3) is 3.07. The Morgan fingerprint density at radius 1 is 1.12 bits per heavy atom. The van der Waals surface area contributed by atoms with Crippen LogP contribution < -0.4 is 0 Å². The average molecular weight is 246 g/mol. The molecule has 0 fully saturated rings. The summed E-state index contributed by atoms with van der Waals surface area (Å²) in [5.41, 5.74) is 2.42. The molecule has 0 saturated heterocycles. The van der Waals surface area contributed by atoms with Crippen molar-refractivity contribution < 1.29 is 0 Å². The van der Waals surface area contributed by atoms with E-state index in [4.69, 9.17) is 11.6 Å². The number of aromatic nitrogens is 1. The Hall–Kier alpha value is -1.34. The predicted molar refractivity (Wildman–Crippen MR) is 72.4 cm³/mol. The van der Waals surface area contributed by atoms with Crippen molar-refractivity contribution in [3.63, 3.8) is 0 Å². The normalized spacial score (nSPS) is 12.4. The van der Waals surface area contributed by atoms with E-state index in [1.807, 2.05) is 30.5 Å². The summed E-state index contributed by atoms with van der Waals surface area (Å²) in [5, 5.41) is 0.782. The summed E-state index contributed by atoms with van der Waals surface area (Å²) >= 11 is 5.92. The first kappa shape index (κ1) is 12.1. The van der Waals surface area contributed by atoms with Gasteiger partial charge in [0, 0.05) is 22.8 Å². The second-order valence-corrected chi connectivity index (χ2v) is 4.58. The lowest BCUT2D eigenvalue weighted by Crippen LogP contribution is -2.02. The Morgan fingerprint density at radius 3 is 2.47 bits per heavy atom. The molecule has 88 valence electrons. The van der Waals surface area contributed by atoms with Gasteiger partial charge in [0.25, 0.3) is 0 Å². The van der Waals surface area contributed by atoms with Crippen molar-refractivity contribution in [2.45, 2.75) is 25.7 Å². The van der Waals surface area contributed by atoms with Crippen LogP contribution in [-0.4, -0.2) is 4.98 Å². The molecule has 0 aliphatic rings. The fourth-order valence-electron chi connectivity index (χ4n) is 2.05. The predicted octanol–water partition coefficient (Wildman–Crippen LogP) is 4.67. The molecule has 1 unspecified atom stereocenters. The van der Waals surface area contributed by atoms with Crippen LogP contribution in [0.4, 0.5) is 0 Å². The third-order valence-electron chi connectivity index (χ3n) is 2.89. The molecule has 2 rings (SSSR count). The van der Waals surface area contributed by atoms with Crippen molar-refractivity contribution in [3.05, 3.63) is 64.9 Å². The molecule has 1 atom stereocenters. The fourth-order valence-corrected chi connectivity index (χ4v) is 2.18. The van der Waals surface area contributed by atoms with Gasteiger partial charge in [0.1, 0.15) is 0 Å². The third-order valence-corrected chi connectivity index (χ3v) is 3.15. The minimum Gasteiger partial charge on any atom is -0.261 e. The zero-order chi connectivity index (χ0) is 12.1. The molecule has 0 spiro atoms. The van der Waals surface area contributed by atoms with E-state index >= 15 is 0 Å². The van der Waals surface area contributed by atoms with Gasteiger partial charge in [-0.1, -0.05) is 43.1 Å². The maximum Gasteiger partial charge on any atom is 0.0478 e. The van der Waals surface area contributed by atoms with Gasteiger partial charge in [-0.05, 0) is 36.2 Å². The minimum atomic E-state index is 0.374. The highest BCUT2D eigenvalue weighted by atomic mass is 35.5. The highest BCUT2D eigenvalue weighted by molar-refractivity contribution is 6.30. The van der Waals surface area contributed by atoms with Gasteiger partial charge >= 0.3 is 0 Å².